The maximum absolute atomic E-state index is 12.8. The molecule has 4 aromatic rings. The van der Waals surface area contributed by atoms with E-state index in [0.717, 1.165) is 39.8 Å². The van der Waals surface area contributed by atoms with Crippen LogP contribution in [0.25, 0.3) is 11.1 Å². The van der Waals surface area contributed by atoms with Gasteiger partial charge in [0, 0.05) is 24.7 Å². The second-order valence-electron chi connectivity index (χ2n) is 10.8. The monoisotopic (exact) mass is 689 g/mol. The molecule has 0 aliphatic heterocycles. The Hall–Kier alpha value is -5.22. The first kappa shape index (κ1) is 35.1. The van der Waals surface area contributed by atoms with E-state index >= 15 is 0 Å². The molecule has 14 nitrogen and oxygen atoms in total. The number of hydrogen-bond acceptors (Lipinski definition) is 11. The predicted octanol–water partition coefficient (Wildman–Crippen LogP) is 5.52. The number of benzene rings is 3. The highest BCUT2D eigenvalue weighted by Crippen LogP contribution is 2.45. The molecular weight excluding hydrogens is 654 g/mol. The lowest BCUT2D eigenvalue weighted by atomic mass is 10.1. The van der Waals surface area contributed by atoms with E-state index in [2.05, 4.69) is 15.6 Å². The number of hydrogen-bond donors (Lipinski definition) is 2. The zero-order chi connectivity index (χ0) is 34.6. The fraction of sp³-hybridized carbons (Fsp3) is 0.294. The highest BCUT2D eigenvalue weighted by Gasteiger charge is 2.31. The number of aromatic nitrogens is 1. The molecule has 256 valence electrons. The lowest BCUT2D eigenvalue weighted by Crippen LogP contribution is -2.32. The van der Waals surface area contributed by atoms with Gasteiger partial charge in [-0.25, -0.2) is 9.78 Å². The van der Waals surface area contributed by atoms with Gasteiger partial charge in [-0.05, 0) is 34.6 Å². The van der Waals surface area contributed by atoms with E-state index in [-0.39, 0.29) is 46.9 Å². The molecule has 0 saturated carbocycles. The highest BCUT2D eigenvalue weighted by atomic mass is 32.1. The van der Waals surface area contributed by atoms with Gasteiger partial charge in [0.1, 0.15) is 6.20 Å². The summed E-state index contributed by atoms with van der Waals surface area (Å²) < 4.78 is 22.5. The molecule has 0 bridgehead atoms. The Morgan fingerprint density at radius 2 is 1.43 bits per heavy atom. The van der Waals surface area contributed by atoms with Gasteiger partial charge in [-0.1, -0.05) is 60.7 Å². The lowest BCUT2D eigenvalue weighted by molar-refractivity contribution is -0.380. The number of nitrogens with zero attached hydrogens (tertiary/aromatic N) is 3. The minimum Gasteiger partial charge on any atom is -0.436 e. The summed E-state index contributed by atoms with van der Waals surface area (Å²) in [4.78, 5) is 53.5. The van der Waals surface area contributed by atoms with E-state index in [1.54, 1.807) is 25.2 Å². The molecule has 0 atom stereocenters. The second-order valence-corrected chi connectivity index (χ2v) is 11.8. The molecule has 5 rings (SSSR count). The molecule has 1 aromatic heterocycles. The van der Waals surface area contributed by atoms with E-state index in [9.17, 15) is 24.5 Å². The number of para-hydroxylation sites is 1. The number of thiazole rings is 1. The number of fused-ring (bicyclic) bond motifs is 3. The van der Waals surface area contributed by atoms with Crippen LogP contribution in [-0.4, -0.2) is 85.9 Å². The van der Waals surface area contributed by atoms with E-state index in [0.29, 0.717) is 33.0 Å². The number of likely N-dealkylation sites (N-methyl/N-ethyl adjacent to an activating group) is 1. The van der Waals surface area contributed by atoms with E-state index in [1.807, 2.05) is 48.5 Å². The number of nitro groups is 1. The van der Waals surface area contributed by atoms with Crippen molar-refractivity contribution in [3.63, 3.8) is 0 Å². The Bertz CT molecular complexity index is 1740. The Kier molecular flexibility index (Phi) is 12.4. The molecule has 2 N–H and O–H groups in total. The average molecular weight is 690 g/mol. The summed E-state index contributed by atoms with van der Waals surface area (Å²) >= 11 is 0.730. The van der Waals surface area contributed by atoms with Gasteiger partial charge in [0.25, 0.3) is 5.91 Å². The number of carbonyl (C=O) groups excluding carboxylic acids is 3. The molecule has 0 saturated heterocycles. The van der Waals surface area contributed by atoms with Crippen molar-refractivity contribution in [3.8, 4) is 11.1 Å². The van der Waals surface area contributed by atoms with Crippen LogP contribution in [0.3, 0.4) is 0 Å². The third kappa shape index (κ3) is 9.45. The van der Waals surface area contributed by atoms with Crippen LogP contribution in [0.15, 0.2) is 79.0 Å². The predicted molar refractivity (Wildman–Crippen MR) is 182 cm³/mol. The summed E-state index contributed by atoms with van der Waals surface area (Å²) in [5.74, 6) is -0.921. The Morgan fingerprint density at radius 1 is 0.837 bits per heavy atom. The molecule has 49 heavy (non-hydrogen) atoms. The van der Waals surface area contributed by atoms with E-state index in [4.69, 9.17) is 18.9 Å². The van der Waals surface area contributed by atoms with Crippen molar-refractivity contribution in [1.29, 1.82) is 0 Å². The Balaban J connectivity index is 0.907. The van der Waals surface area contributed by atoms with Gasteiger partial charge in [0.15, 0.2) is 11.2 Å². The first-order chi connectivity index (χ1) is 23.8. The van der Waals surface area contributed by atoms with Crippen molar-refractivity contribution in [1.82, 2.24) is 9.88 Å². The minimum atomic E-state index is -0.593. The van der Waals surface area contributed by atoms with Crippen LogP contribution in [0.1, 0.15) is 34.0 Å². The molecule has 3 aromatic carbocycles. The SMILES string of the molecule is CN(CCOCCOCCOCCC(=O)Nc1ccccc1C(=O)Nc1ncc([N+](=O)[O-])s1)C(=O)OC1c2ccccc2-c2ccccc21. The van der Waals surface area contributed by atoms with Crippen molar-refractivity contribution in [2.75, 3.05) is 63.9 Å². The zero-order valence-corrected chi connectivity index (χ0v) is 27.5. The van der Waals surface area contributed by atoms with Gasteiger partial charge < -0.3 is 29.2 Å². The number of carbonyl (C=O) groups is 3. The van der Waals surface area contributed by atoms with Crippen LogP contribution in [0.4, 0.5) is 20.6 Å². The third-order valence-electron chi connectivity index (χ3n) is 7.44. The molecule has 1 aliphatic carbocycles. The van der Waals surface area contributed by atoms with Gasteiger partial charge in [0.05, 0.1) is 62.2 Å². The topological polar surface area (TPSA) is 171 Å². The number of amides is 3. The fourth-order valence-electron chi connectivity index (χ4n) is 5.00. The maximum atomic E-state index is 12.8. The van der Waals surface area contributed by atoms with Gasteiger partial charge in [-0.15, -0.1) is 0 Å². The largest absolute Gasteiger partial charge is 0.436 e. The summed E-state index contributed by atoms with van der Waals surface area (Å²) in [5, 5.41) is 15.9. The Labute approximate surface area is 286 Å². The number of anilines is 2. The summed E-state index contributed by atoms with van der Waals surface area (Å²) in [5.41, 5.74) is 4.56. The van der Waals surface area contributed by atoms with Crippen LogP contribution < -0.4 is 10.6 Å². The molecule has 0 fully saturated rings. The van der Waals surface area contributed by atoms with Gasteiger partial charge >= 0.3 is 11.1 Å². The Morgan fingerprint density at radius 3 is 2.08 bits per heavy atom. The van der Waals surface area contributed by atoms with Crippen molar-refractivity contribution in [2.24, 2.45) is 0 Å². The molecule has 15 heteroatoms. The highest BCUT2D eigenvalue weighted by molar-refractivity contribution is 7.18. The second kappa shape index (κ2) is 17.3. The zero-order valence-electron chi connectivity index (χ0n) is 26.7. The molecule has 0 unspecified atom stereocenters. The minimum absolute atomic E-state index is 0.0491. The summed E-state index contributed by atoms with van der Waals surface area (Å²) in [6.45, 7) is 2.06. The van der Waals surface area contributed by atoms with Crippen LogP contribution in [0, 0.1) is 10.1 Å². The first-order valence-electron chi connectivity index (χ1n) is 15.5. The number of nitrogens with one attached hydrogen (secondary N) is 2. The van der Waals surface area contributed by atoms with Crippen LogP contribution in [-0.2, 0) is 23.7 Å². The molecule has 1 heterocycles. The first-order valence-corrected chi connectivity index (χ1v) is 16.3. The van der Waals surface area contributed by atoms with Crippen molar-refractivity contribution in [3.05, 3.63) is 106 Å². The third-order valence-corrected chi connectivity index (χ3v) is 8.30. The summed E-state index contributed by atoms with van der Waals surface area (Å²) in [6, 6.07) is 22.3. The van der Waals surface area contributed by atoms with Crippen molar-refractivity contribution in [2.45, 2.75) is 12.5 Å². The quantitative estimate of drug-likeness (QED) is 0.0817. The van der Waals surface area contributed by atoms with Crippen molar-refractivity contribution < 1.29 is 38.3 Å². The summed E-state index contributed by atoms with van der Waals surface area (Å²) in [7, 11) is 1.67. The van der Waals surface area contributed by atoms with E-state index in [1.165, 1.54) is 11.0 Å². The van der Waals surface area contributed by atoms with Gasteiger partial charge in [-0.3, -0.25) is 25.0 Å². The molecular formula is C34H35N5O9S. The molecule has 0 spiro atoms. The molecule has 0 radical (unpaired) electrons. The smallest absolute Gasteiger partial charge is 0.410 e. The number of rotatable bonds is 17. The maximum Gasteiger partial charge on any atom is 0.410 e. The molecule has 1 aliphatic rings. The van der Waals surface area contributed by atoms with Gasteiger partial charge in [0.2, 0.25) is 5.91 Å². The lowest BCUT2D eigenvalue weighted by Gasteiger charge is -2.21. The molecule has 3 amide bonds. The van der Waals surface area contributed by atoms with Crippen LogP contribution >= 0.6 is 11.3 Å². The van der Waals surface area contributed by atoms with Crippen molar-refractivity contribution >= 4 is 45.1 Å². The van der Waals surface area contributed by atoms with Crippen LogP contribution in [0.2, 0.25) is 0 Å². The van der Waals surface area contributed by atoms with E-state index < -0.39 is 23.0 Å². The standard InChI is InChI=1S/C34H35N5O9S/c1-38(34(42)48-31-25-10-4-2-8-23(25)24-9-3-5-11-26(24)31)15-17-46-19-21-47-20-18-45-16-14-29(40)36-28-13-7-6-12-27(28)32(41)37-33-35-22-30(49-33)39(43)44/h2-13,22,31H,14-21H2,1H3,(H,36,40)(H,35,37,41). The van der Waals surface area contributed by atoms with Crippen LogP contribution in [0.5, 0.6) is 0 Å². The van der Waals surface area contributed by atoms with Gasteiger partial charge in [-0.2, -0.15) is 0 Å². The average Bonchev–Trinajstić information content (AvgIpc) is 3.70. The fourth-order valence-corrected chi connectivity index (χ4v) is 5.63. The summed E-state index contributed by atoms with van der Waals surface area (Å²) in [6.07, 6.45) is 0.228. The number of ether oxygens (including phenoxy) is 4. The normalized spacial score (nSPS) is 11.8.